The minimum Gasteiger partial charge on any atom is -0.495 e. The standard InChI is InChI=1S/C21H23ClN4O2/c1-28-19-9-5-4-8-18(19)24-12-14-25(15-13-24)20(27)10-11-26-17-7-3-2-6-16(17)21(22)23-26/h2-9H,10-15H2,1H3. The lowest BCUT2D eigenvalue weighted by Gasteiger charge is -2.36. The number of hydrogen-bond donors (Lipinski definition) is 0. The van der Waals surface area contributed by atoms with Gasteiger partial charge in [-0.1, -0.05) is 35.9 Å². The minimum absolute atomic E-state index is 0.149. The number of anilines is 1. The first-order valence-corrected chi connectivity index (χ1v) is 9.82. The van der Waals surface area contributed by atoms with Gasteiger partial charge in [0, 0.05) is 38.0 Å². The number of ether oxygens (including phenoxy) is 1. The van der Waals surface area contributed by atoms with Gasteiger partial charge in [-0.25, -0.2) is 0 Å². The minimum atomic E-state index is 0.149. The lowest BCUT2D eigenvalue weighted by molar-refractivity contribution is -0.131. The molecule has 0 saturated carbocycles. The molecule has 4 rings (SSSR count). The van der Waals surface area contributed by atoms with Crippen LogP contribution in [0.4, 0.5) is 5.69 Å². The molecule has 0 aliphatic carbocycles. The van der Waals surface area contributed by atoms with E-state index < -0.39 is 0 Å². The summed E-state index contributed by atoms with van der Waals surface area (Å²) in [6.07, 6.45) is 0.413. The molecule has 0 N–H and O–H groups in total. The molecule has 1 aliphatic heterocycles. The summed E-state index contributed by atoms with van der Waals surface area (Å²) in [4.78, 5) is 16.9. The van der Waals surface area contributed by atoms with Gasteiger partial charge >= 0.3 is 0 Å². The van der Waals surface area contributed by atoms with Crippen molar-refractivity contribution in [2.75, 3.05) is 38.2 Å². The van der Waals surface area contributed by atoms with Crippen molar-refractivity contribution >= 4 is 34.1 Å². The van der Waals surface area contributed by atoms with Crippen molar-refractivity contribution in [3.63, 3.8) is 0 Å². The molecule has 146 valence electrons. The molecular formula is C21H23ClN4O2. The van der Waals surface area contributed by atoms with Crippen LogP contribution in [0.1, 0.15) is 6.42 Å². The average Bonchev–Trinajstić information content (AvgIpc) is 3.08. The van der Waals surface area contributed by atoms with Gasteiger partial charge in [-0.3, -0.25) is 9.48 Å². The van der Waals surface area contributed by atoms with E-state index in [0.29, 0.717) is 31.2 Å². The Balaban J connectivity index is 1.35. The van der Waals surface area contributed by atoms with Crippen molar-refractivity contribution < 1.29 is 9.53 Å². The first-order chi connectivity index (χ1) is 13.7. The van der Waals surface area contributed by atoms with E-state index in [1.807, 2.05) is 52.0 Å². The molecule has 1 aromatic heterocycles. The topological polar surface area (TPSA) is 50.6 Å². The van der Waals surface area contributed by atoms with Gasteiger partial charge in [0.2, 0.25) is 5.91 Å². The molecule has 1 aliphatic rings. The normalized spacial score (nSPS) is 14.5. The molecule has 2 aromatic carbocycles. The van der Waals surface area contributed by atoms with E-state index in [9.17, 15) is 4.79 Å². The Morgan fingerprint density at radius 3 is 2.57 bits per heavy atom. The zero-order chi connectivity index (χ0) is 19.5. The lowest BCUT2D eigenvalue weighted by atomic mass is 10.2. The molecule has 6 nitrogen and oxygen atoms in total. The van der Waals surface area contributed by atoms with Crippen LogP contribution in [-0.2, 0) is 11.3 Å². The number of halogens is 1. The molecule has 28 heavy (non-hydrogen) atoms. The third kappa shape index (κ3) is 3.64. The first kappa shape index (κ1) is 18.6. The van der Waals surface area contributed by atoms with Gasteiger partial charge in [-0.15, -0.1) is 0 Å². The Morgan fingerprint density at radius 2 is 1.79 bits per heavy atom. The van der Waals surface area contributed by atoms with Crippen molar-refractivity contribution in [3.8, 4) is 5.75 Å². The zero-order valence-corrected chi connectivity index (χ0v) is 16.6. The number of benzene rings is 2. The fraction of sp³-hybridized carbons (Fsp3) is 0.333. The number of fused-ring (bicyclic) bond motifs is 1. The molecule has 3 aromatic rings. The molecular weight excluding hydrogens is 376 g/mol. The monoisotopic (exact) mass is 398 g/mol. The van der Waals surface area contributed by atoms with Crippen molar-refractivity contribution in [2.24, 2.45) is 0 Å². The van der Waals surface area contributed by atoms with Crippen LogP contribution >= 0.6 is 11.6 Å². The maximum absolute atomic E-state index is 12.7. The summed E-state index contributed by atoms with van der Waals surface area (Å²) in [5, 5.41) is 5.77. The highest BCUT2D eigenvalue weighted by molar-refractivity contribution is 6.34. The van der Waals surface area contributed by atoms with Crippen LogP contribution in [0, 0.1) is 0 Å². The summed E-state index contributed by atoms with van der Waals surface area (Å²) in [7, 11) is 1.68. The van der Waals surface area contributed by atoms with E-state index in [4.69, 9.17) is 16.3 Å². The van der Waals surface area contributed by atoms with Crippen molar-refractivity contribution in [1.29, 1.82) is 0 Å². The summed E-state index contributed by atoms with van der Waals surface area (Å²) in [6.45, 7) is 3.53. The second-order valence-electron chi connectivity index (χ2n) is 6.82. The molecule has 0 radical (unpaired) electrons. The van der Waals surface area contributed by atoms with E-state index in [1.54, 1.807) is 7.11 Å². The van der Waals surface area contributed by atoms with Crippen LogP contribution in [0.15, 0.2) is 48.5 Å². The third-order valence-corrected chi connectivity index (χ3v) is 5.49. The number of carbonyl (C=O) groups excluding carboxylic acids is 1. The number of amides is 1. The Labute approximate surface area is 169 Å². The maximum atomic E-state index is 12.7. The quantitative estimate of drug-likeness (QED) is 0.660. The zero-order valence-electron chi connectivity index (χ0n) is 15.8. The summed E-state index contributed by atoms with van der Waals surface area (Å²) >= 11 is 6.20. The Morgan fingerprint density at radius 1 is 1.07 bits per heavy atom. The second kappa shape index (κ2) is 8.10. The summed E-state index contributed by atoms with van der Waals surface area (Å²) in [5.74, 6) is 1.01. The largest absolute Gasteiger partial charge is 0.495 e. The Bertz CT molecular complexity index is 979. The SMILES string of the molecule is COc1ccccc1N1CCN(C(=O)CCn2nc(Cl)c3ccccc32)CC1. The van der Waals surface area contributed by atoms with Crippen molar-refractivity contribution in [2.45, 2.75) is 13.0 Å². The van der Waals surface area contributed by atoms with Gasteiger partial charge < -0.3 is 14.5 Å². The summed E-state index contributed by atoms with van der Waals surface area (Å²) < 4.78 is 7.27. The molecule has 1 fully saturated rings. The van der Waals surface area contributed by atoms with Gasteiger partial charge in [0.15, 0.2) is 5.15 Å². The smallest absolute Gasteiger partial charge is 0.224 e. The number of aromatic nitrogens is 2. The molecule has 0 unspecified atom stereocenters. The lowest BCUT2D eigenvalue weighted by Crippen LogP contribution is -2.49. The number of hydrogen-bond acceptors (Lipinski definition) is 4. The van der Waals surface area contributed by atoms with Gasteiger partial charge in [0.1, 0.15) is 5.75 Å². The van der Waals surface area contributed by atoms with Gasteiger partial charge in [-0.2, -0.15) is 5.10 Å². The Hall–Kier alpha value is -2.73. The fourth-order valence-electron chi connectivity index (χ4n) is 3.70. The predicted molar refractivity (Wildman–Crippen MR) is 111 cm³/mol. The van der Waals surface area contributed by atoms with Crippen LogP contribution < -0.4 is 9.64 Å². The highest BCUT2D eigenvalue weighted by Gasteiger charge is 2.23. The number of nitrogens with zero attached hydrogens (tertiary/aromatic N) is 4. The highest BCUT2D eigenvalue weighted by atomic mass is 35.5. The maximum Gasteiger partial charge on any atom is 0.224 e. The molecule has 7 heteroatoms. The van der Waals surface area contributed by atoms with Gasteiger partial charge in [0.25, 0.3) is 0 Å². The predicted octanol–water partition coefficient (Wildman–Crippen LogP) is 3.44. The molecule has 2 heterocycles. The highest BCUT2D eigenvalue weighted by Crippen LogP contribution is 2.28. The number of carbonyl (C=O) groups is 1. The fourth-order valence-corrected chi connectivity index (χ4v) is 3.96. The van der Waals surface area contributed by atoms with Crippen LogP contribution in [-0.4, -0.2) is 53.9 Å². The number of methoxy groups -OCH3 is 1. The van der Waals surface area contributed by atoms with Crippen LogP contribution in [0.25, 0.3) is 10.9 Å². The van der Waals surface area contributed by atoms with Gasteiger partial charge in [0.05, 0.1) is 24.9 Å². The molecule has 1 saturated heterocycles. The Kier molecular flexibility index (Phi) is 5.39. The van der Waals surface area contributed by atoms with Crippen molar-refractivity contribution in [1.82, 2.24) is 14.7 Å². The molecule has 0 spiro atoms. The number of aryl methyl sites for hydroxylation is 1. The van der Waals surface area contributed by atoms with Gasteiger partial charge in [-0.05, 0) is 24.3 Å². The number of piperazine rings is 1. The van der Waals surface area contributed by atoms with Crippen molar-refractivity contribution in [3.05, 3.63) is 53.7 Å². The van der Waals surface area contributed by atoms with Crippen LogP contribution in [0.3, 0.4) is 0 Å². The summed E-state index contributed by atoms with van der Waals surface area (Å²) in [5.41, 5.74) is 2.04. The van der Waals surface area contributed by atoms with E-state index >= 15 is 0 Å². The van der Waals surface area contributed by atoms with E-state index in [2.05, 4.69) is 16.1 Å². The average molecular weight is 399 g/mol. The molecule has 1 amide bonds. The third-order valence-electron chi connectivity index (χ3n) is 5.21. The van der Waals surface area contributed by atoms with Crippen LogP contribution in [0.5, 0.6) is 5.75 Å². The first-order valence-electron chi connectivity index (χ1n) is 9.44. The van der Waals surface area contributed by atoms with E-state index in [0.717, 1.165) is 35.4 Å². The number of para-hydroxylation sites is 3. The van der Waals surface area contributed by atoms with E-state index in [1.165, 1.54) is 0 Å². The second-order valence-corrected chi connectivity index (χ2v) is 7.18. The summed E-state index contributed by atoms with van der Waals surface area (Å²) in [6, 6.07) is 15.8. The molecule has 0 atom stereocenters. The molecule has 0 bridgehead atoms. The van der Waals surface area contributed by atoms with Crippen LogP contribution in [0.2, 0.25) is 5.15 Å². The number of rotatable bonds is 5. The van der Waals surface area contributed by atoms with E-state index in [-0.39, 0.29) is 5.91 Å².